The molecule has 1 aromatic carbocycles. The van der Waals surface area contributed by atoms with Crippen LogP contribution in [0.25, 0.3) is 0 Å². The number of ether oxygens (including phenoxy) is 2. The Morgan fingerprint density at radius 3 is 2.44 bits per heavy atom. The van der Waals surface area contributed by atoms with Crippen molar-refractivity contribution in [2.24, 2.45) is 22.2 Å². The number of Topliss-reactive ketones (excluding diaryl/α,β-unsaturated/α-hetero) is 1. The van der Waals surface area contributed by atoms with E-state index in [9.17, 15) is 4.79 Å². The van der Waals surface area contributed by atoms with Gasteiger partial charge >= 0.3 is 0 Å². The Labute approximate surface area is 150 Å². The van der Waals surface area contributed by atoms with Crippen LogP contribution in [0.4, 0.5) is 0 Å². The van der Waals surface area contributed by atoms with Crippen LogP contribution in [0, 0.1) is 22.2 Å². The van der Waals surface area contributed by atoms with Gasteiger partial charge in [-0.3, -0.25) is 4.79 Å². The first-order valence-corrected chi connectivity index (χ1v) is 9.28. The van der Waals surface area contributed by atoms with E-state index in [1.165, 1.54) is 12.0 Å². The molecule has 0 N–H and O–H groups in total. The quantitative estimate of drug-likeness (QED) is 0.744. The Kier molecular flexibility index (Phi) is 3.42. The molecule has 1 spiro atoms. The molecule has 0 aliphatic heterocycles. The number of fused-ring (bicyclic) bond motifs is 1. The summed E-state index contributed by atoms with van der Waals surface area (Å²) in [5.74, 6) is 2.11. The van der Waals surface area contributed by atoms with Crippen LogP contribution in [0.5, 0.6) is 11.5 Å². The van der Waals surface area contributed by atoms with Gasteiger partial charge in [0, 0.05) is 11.8 Å². The minimum atomic E-state index is -0.333. The highest BCUT2D eigenvalue weighted by Gasteiger charge is 2.73. The standard InChI is InChI=1S/C22H28O3/c1-20(2)10-6-11-21(3)18(15-9-12-22(20,21)19(15)23)14-7-8-16(24-4)17(13-14)25-5/h7-9,12-13,15,18H,6,10-11H2,1-5H3/t15-,18-,21?,22-/m0/s1. The molecule has 4 rings (SSSR count). The lowest BCUT2D eigenvalue weighted by atomic mass is 9.45. The molecular formula is C22H28O3. The van der Waals surface area contributed by atoms with Gasteiger partial charge < -0.3 is 9.47 Å². The van der Waals surface area contributed by atoms with Crippen molar-refractivity contribution < 1.29 is 14.3 Å². The van der Waals surface area contributed by atoms with Gasteiger partial charge in [-0.25, -0.2) is 0 Å². The van der Waals surface area contributed by atoms with E-state index in [2.05, 4.69) is 45.1 Å². The second-order valence-electron chi connectivity index (χ2n) is 8.80. The Bertz CT molecular complexity index is 763. The van der Waals surface area contributed by atoms with E-state index in [0.29, 0.717) is 5.78 Å². The Hall–Kier alpha value is -1.77. The zero-order valence-electron chi connectivity index (χ0n) is 15.9. The highest BCUT2D eigenvalue weighted by atomic mass is 16.5. The molecule has 1 unspecified atom stereocenters. The van der Waals surface area contributed by atoms with Crippen LogP contribution in [0.2, 0.25) is 0 Å². The molecule has 3 nitrogen and oxygen atoms in total. The summed E-state index contributed by atoms with van der Waals surface area (Å²) in [4.78, 5) is 13.5. The molecule has 2 bridgehead atoms. The number of allylic oxidation sites excluding steroid dienone is 2. The number of methoxy groups -OCH3 is 2. The number of carbonyl (C=O) groups is 1. The fourth-order valence-electron chi connectivity index (χ4n) is 6.46. The number of benzene rings is 1. The van der Waals surface area contributed by atoms with Gasteiger partial charge in [-0.05, 0) is 41.4 Å². The summed E-state index contributed by atoms with van der Waals surface area (Å²) in [7, 11) is 3.32. The molecule has 0 amide bonds. The largest absolute Gasteiger partial charge is 0.493 e. The number of carbonyl (C=O) groups excluding carboxylic acids is 1. The molecule has 3 heteroatoms. The molecule has 25 heavy (non-hydrogen) atoms. The third kappa shape index (κ3) is 1.79. The van der Waals surface area contributed by atoms with Crippen molar-refractivity contribution in [3.63, 3.8) is 0 Å². The Morgan fingerprint density at radius 1 is 1.04 bits per heavy atom. The molecule has 2 fully saturated rings. The van der Waals surface area contributed by atoms with Crippen molar-refractivity contribution >= 4 is 5.78 Å². The molecule has 0 saturated heterocycles. The summed E-state index contributed by atoms with van der Waals surface area (Å²) >= 11 is 0. The number of rotatable bonds is 3. The summed E-state index contributed by atoms with van der Waals surface area (Å²) in [5, 5.41) is 0. The van der Waals surface area contributed by atoms with Gasteiger partial charge in [0.1, 0.15) is 0 Å². The number of hydrogen-bond acceptors (Lipinski definition) is 3. The van der Waals surface area contributed by atoms with Gasteiger partial charge in [-0.15, -0.1) is 0 Å². The molecule has 2 saturated carbocycles. The van der Waals surface area contributed by atoms with Crippen LogP contribution in [-0.4, -0.2) is 20.0 Å². The third-order valence-corrected chi connectivity index (χ3v) is 7.52. The third-order valence-electron chi connectivity index (χ3n) is 7.52. The minimum absolute atomic E-state index is 0.00758. The van der Waals surface area contributed by atoms with E-state index < -0.39 is 0 Å². The maximum absolute atomic E-state index is 13.5. The second kappa shape index (κ2) is 5.12. The smallest absolute Gasteiger partial charge is 0.160 e. The summed E-state index contributed by atoms with van der Waals surface area (Å²) in [6.45, 7) is 6.91. The number of hydrogen-bond donors (Lipinski definition) is 0. The predicted octanol–water partition coefficient (Wildman–Crippen LogP) is 4.76. The first-order valence-electron chi connectivity index (χ1n) is 9.28. The lowest BCUT2D eigenvalue weighted by Gasteiger charge is -2.57. The Balaban J connectivity index is 1.88. The maximum Gasteiger partial charge on any atom is 0.160 e. The van der Waals surface area contributed by atoms with Crippen molar-refractivity contribution in [3.8, 4) is 11.5 Å². The predicted molar refractivity (Wildman–Crippen MR) is 98.1 cm³/mol. The molecule has 134 valence electrons. The highest BCUT2D eigenvalue weighted by Crippen LogP contribution is 2.75. The van der Waals surface area contributed by atoms with Crippen LogP contribution < -0.4 is 9.47 Å². The molecule has 0 heterocycles. The Morgan fingerprint density at radius 2 is 1.76 bits per heavy atom. The zero-order chi connectivity index (χ0) is 18.0. The van der Waals surface area contributed by atoms with Crippen LogP contribution >= 0.6 is 0 Å². The number of ketones is 1. The molecule has 0 radical (unpaired) electrons. The molecule has 3 aliphatic carbocycles. The van der Waals surface area contributed by atoms with Gasteiger partial charge in [0.05, 0.1) is 19.6 Å². The summed E-state index contributed by atoms with van der Waals surface area (Å²) in [5.41, 5.74) is 0.835. The van der Waals surface area contributed by atoms with Gasteiger partial charge in [0.2, 0.25) is 0 Å². The first kappa shape index (κ1) is 16.7. The van der Waals surface area contributed by atoms with Gasteiger partial charge in [0.15, 0.2) is 17.3 Å². The molecule has 1 aromatic rings. The molecule has 4 atom stereocenters. The SMILES string of the molecule is COc1ccc([C@H]2[C@@H]3C=C[C@]4(C3=O)C(C)(C)CCCC24C)cc1OC. The minimum Gasteiger partial charge on any atom is -0.493 e. The highest BCUT2D eigenvalue weighted by molar-refractivity contribution is 5.99. The average molecular weight is 340 g/mol. The van der Waals surface area contributed by atoms with Gasteiger partial charge in [0.25, 0.3) is 0 Å². The second-order valence-corrected chi connectivity index (χ2v) is 8.80. The summed E-state index contributed by atoms with van der Waals surface area (Å²) in [6.07, 6.45) is 7.84. The average Bonchev–Trinajstić information content (AvgIpc) is 3.01. The summed E-state index contributed by atoms with van der Waals surface area (Å²) < 4.78 is 10.9. The lowest BCUT2D eigenvalue weighted by molar-refractivity contribution is -0.138. The van der Waals surface area contributed by atoms with Crippen molar-refractivity contribution in [2.45, 2.75) is 46.0 Å². The lowest BCUT2D eigenvalue weighted by Crippen LogP contribution is -2.53. The fraction of sp³-hybridized carbons (Fsp3) is 0.591. The van der Waals surface area contributed by atoms with E-state index in [1.807, 2.05) is 6.07 Å². The monoisotopic (exact) mass is 340 g/mol. The first-order chi connectivity index (χ1) is 11.8. The summed E-state index contributed by atoms with van der Waals surface area (Å²) in [6, 6.07) is 6.17. The van der Waals surface area contributed by atoms with Crippen LogP contribution in [0.15, 0.2) is 30.4 Å². The van der Waals surface area contributed by atoms with Gasteiger partial charge in [-0.2, -0.15) is 0 Å². The molecule has 0 aromatic heterocycles. The van der Waals surface area contributed by atoms with E-state index in [1.54, 1.807) is 14.2 Å². The molecule has 3 aliphatic rings. The maximum atomic E-state index is 13.5. The fourth-order valence-corrected chi connectivity index (χ4v) is 6.46. The van der Waals surface area contributed by atoms with E-state index in [4.69, 9.17) is 9.47 Å². The van der Waals surface area contributed by atoms with Crippen molar-refractivity contribution in [1.29, 1.82) is 0 Å². The normalized spacial score (nSPS) is 37.9. The van der Waals surface area contributed by atoms with Gasteiger partial charge in [-0.1, -0.05) is 45.4 Å². The van der Waals surface area contributed by atoms with Crippen LogP contribution in [0.3, 0.4) is 0 Å². The van der Waals surface area contributed by atoms with E-state index in [-0.39, 0.29) is 28.1 Å². The zero-order valence-corrected chi connectivity index (χ0v) is 15.9. The molecular weight excluding hydrogens is 312 g/mol. The van der Waals surface area contributed by atoms with Crippen molar-refractivity contribution in [3.05, 3.63) is 35.9 Å². The van der Waals surface area contributed by atoms with Crippen molar-refractivity contribution in [2.75, 3.05) is 14.2 Å². The van der Waals surface area contributed by atoms with E-state index >= 15 is 0 Å². The van der Waals surface area contributed by atoms with Crippen LogP contribution in [-0.2, 0) is 4.79 Å². The van der Waals surface area contributed by atoms with Crippen molar-refractivity contribution in [1.82, 2.24) is 0 Å². The topological polar surface area (TPSA) is 35.5 Å². The van der Waals surface area contributed by atoms with Crippen LogP contribution in [0.1, 0.15) is 51.5 Å². The van der Waals surface area contributed by atoms with E-state index in [0.717, 1.165) is 24.3 Å².